The van der Waals surface area contributed by atoms with Gasteiger partial charge in [0.15, 0.2) is 11.6 Å². The highest BCUT2D eigenvalue weighted by atomic mass is 79.9. The molecule has 0 atom stereocenters. The van der Waals surface area contributed by atoms with E-state index in [-0.39, 0.29) is 5.41 Å². The van der Waals surface area contributed by atoms with Crippen molar-refractivity contribution in [2.24, 2.45) is 5.73 Å². The molecule has 2 rings (SSSR count). The van der Waals surface area contributed by atoms with Crippen molar-refractivity contribution in [3.05, 3.63) is 33.8 Å². The van der Waals surface area contributed by atoms with Gasteiger partial charge >= 0.3 is 0 Å². The van der Waals surface area contributed by atoms with Crippen LogP contribution in [-0.2, 0) is 5.41 Å². The van der Waals surface area contributed by atoms with Crippen LogP contribution in [0.15, 0.2) is 16.6 Å². The van der Waals surface area contributed by atoms with Gasteiger partial charge in [0, 0.05) is 4.47 Å². The van der Waals surface area contributed by atoms with Gasteiger partial charge in [-0.1, -0.05) is 15.9 Å². The average Bonchev–Trinajstić information content (AvgIpc) is 2.93. The van der Waals surface area contributed by atoms with Crippen LogP contribution in [0.1, 0.15) is 24.8 Å². The summed E-state index contributed by atoms with van der Waals surface area (Å²) in [5.74, 6) is -1.59. The van der Waals surface area contributed by atoms with Crippen molar-refractivity contribution in [1.29, 1.82) is 0 Å². The lowest BCUT2D eigenvalue weighted by Crippen LogP contribution is -2.14. The molecule has 1 aromatic carbocycles. The van der Waals surface area contributed by atoms with Gasteiger partial charge in [0.2, 0.25) is 0 Å². The first kappa shape index (κ1) is 11.0. The highest BCUT2D eigenvalue weighted by Gasteiger charge is 2.44. The third kappa shape index (κ3) is 1.93. The molecule has 0 amide bonds. The molecule has 2 N–H and O–H groups in total. The molecule has 15 heavy (non-hydrogen) atoms. The van der Waals surface area contributed by atoms with Crippen LogP contribution >= 0.6 is 15.9 Å². The van der Waals surface area contributed by atoms with Gasteiger partial charge in [-0.2, -0.15) is 0 Å². The lowest BCUT2D eigenvalue weighted by atomic mass is 9.92. The van der Waals surface area contributed by atoms with Crippen molar-refractivity contribution in [1.82, 2.24) is 0 Å². The number of rotatable bonds is 3. The van der Waals surface area contributed by atoms with Gasteiger partial charge in [0.1, 0.15) is 0 Å². The second-order valence-corrected chi connectivity index (χ2v) is 4.92. The molecule has 0 radical (unpaired) electrons. The number of halogens is 3. The molecule has 0 saturated heterocycles. The van der Waals surface area contributed by atoms with E-state index in [0.29, 0.717) is 11.0 Å². The summed E-state index contributed by atoms with van der Waals surface area (Å²) in [4.78, 5) is 0. The van der Waals surface area contributed by atoms with E-state index in [1.54, 1.807) is 0 Å². The van der Waals surface area contributed by atoms with Gasteiger partial charge in [-0.3, -0.25) is 0 Å². The summed E-state index contributed by atoms with van der Waals surface area (Å²) in [7, 11) is 0. The van der Waals surface area contributed by atoms with E-state index in [1.807, 2.05) is 0 Å². The van der Waals surface area contributed by atoms with Crippen LogP contribution in [-0.4, -0.2) is 6.54 Å². The van der Waals surface area contributed by atoms with Crippen molar-refractivity contribution in [3.8, 4) is 0 Å². The van der Waals surface area contributed by atoms with Gasteiger partial charge in [0.05, 0.1) is 0 Å². The zero-order valence-electron chi connectivity index (χ0n) is 8.19. The largest absolute Gasteiger partial charge is 0.330 e. The maximum Gasteiger partial charge on any atom is 0.159 e. The Kier molecular flexibility index (Phi) is 2.81. The van der Waals surface area contributed by atoms with Gasteiger partial charge in [-0.05, 0) is 48.9 Å². The maximum atomic E-state index is 13.1. The second-order valence-electron chi connectivity index (χ2n) is 4.07. The summed E-state index contributed by atoms with van der Waals surface area (Å²) in [5.41, 5.74) is 6.37. The molecule has 0 bridgehead atoms. The van der Waals surface area contributed by atoms with Crippen LogP contribution in [0.25, 0.3) is 0 Å². The lowest BCUT2D eigenvalue weighted by molar-refractivity contribution is 0.501. The summed E-state index contributed by atoms with van der Waals surface area (Å²) in [6, 6.07) is 2.49. The standard InChI is InChI=1S/C11H12BrF2N/c12-8-6-10(14)9(13)5-7(8)11(1-2-11)3-4-15/h5-6H,1-4,15H2. The summed E-state index contributed by atoms with van der Waals surface area (Å²) in [5, 5.41) is 0. The predicted molar refractivity (Wildman–Crippen MR) is 58.6 cm³/mol. The Bertz CT molecular complexity index is 388. The minimum Gasteiger partial charge on any atom is -0.330 e. The number of hydrogen-bond acceptors (Lipinski definition) is 1. The summed E-state index contributed by atoms with van der Waals surface area (Å²) >= 11 is 3.28. The molecule has 1 nitrogen and oxygen atoms in total. The molecule has 1 fully saturated rings. The van der Waals surface area contributed by atoms with Crippen molar-refractivity contribution in [2.45, 2.75) is 24.7 Å². The molecular formula is C11H12BrF2N. The van der Waals surface area contributed by atoms with E-state index in [0.717, 1.165) is 24.8 Å². The highest BCUT2D eigenvalue weighted by Crippen LogP contribution is 2.53. The maximum absolute atomic E-state index is 13.1. The second kappa shape index (κ2) is 3.83. The van der Waals surface area contributed by atoms with Crippen molar-refractivity contribution in [3.63, 3.8) is 0 Å². The third-order valence-electron chi connectivity index (χ3n) is 3.06. The fourth-order valence-corrected chi connectivity index (χ4v) is 2.75. The van der Waals surface area contributed by atoms with Crippen LogP contribution in [0.4, 0.5) is 8.78 Å². The van der Waals surface area contributed by atoms with Gasteiger partial charge in [-0.25, -0.2) is 8.78 Å². The predicted octanol–water partition coefficient (Wildman–Crippen LogP) is 3.11. The van der Waals surface area contributed by atoms with E-state index in [9.17, 15) is 8.78 Å². The zero-order valence-corrected chi connectivity index (χ0v) is 9.78. The molecule has 1 aromatic rings. The first-order valence-corrected chi connectivity index (χ1v) is 5.73. The molecule has 82 valence electrons. The Morgan fingerprint density at radius 3 is 2.40 bits per heavy atom. The lowest BCUT2D eigenvalue weighted by Gasteiger charge is -2.16. The average molecular weight is 276 g/mol. The molecule has 0 aliphatic heterocycles. The normalized spacial score (nSPS) is 17.9. The Hall–Kier alpha value is -0.480. The zero-order chi connectivity index (χ0) is 11.1. The topological polar surface area (TPSA) is 26.0 Å². The Morgan fingerprint density at radius 1 is 1.27 bits per heavy atom. The third-order valence-corrected chi connectivity index (χ3v) is 3.71. The molecular weight excluding hydrogens is 264 g/mol. The van der Waals surface area contributed by atoms with E-state index in [4.69, 9.17) is 5.73 Å². The fourth-order valence-electron chi connectivity index (χ4n) is 2.01. The van der Waals surface area contributed by atoms with Crippen molar-refractivity contribution < 1.29 is 8.78 Å². The molecule has 1 aliphatic carbocycles. The van der Waals surface area contributed by atoms with E-state index >= 15 is 0 Å². The summed E-state index contributed by atoms with van der Waals surface area (Å²) in [6.45, 7) is 0.575. The molecule has 0 heterocycles. The molecule has 0 aromatic heterocycles. The van der Waals surface area contributed by atoms with Crippen LogP contribution in [0.5, 0.6) is 0 Å². The van der Waals surface area contributed by atoms with Crippen LogP contribution < -0.4 is 5.73 Å². The summed E-state index contributed by atoms with van der Waals surface area (Å²) < 4.78 is 26.7. The van der Waals surface area contributed by atoms with Crippen molar-refractivity contribution in [2.75, 3.05) is 6.54 Å². The minimum atomic E-state index is -0.811. The Morgan fingerprint density at radius 2 is 1.87 bits per heavy atom. The molecule has 1 aliphatic rings. The Balaban J connectivity index is 2.40. The SMILES string of the molecule is NCCC1(c2cc(F)c(F)cc2Br)CC1. The molecule has 0 unspecified atom stereocenters. The van der Waals surface area contributed by atoms with E-state index < -0.39 is 11.6 Å². The summed E-state index contributed by atoms with van der Waals surface area (Å²) in [6.07, 6.45) is 2.85. The number of nitrogens with two attached hydrogens (primary N) is 1. The quantitative estimate of drug-likeness (QED) is 0.843. The molecule has 1 saturated carbocycles. The Labute approximate surface area is 95.8 Å². The first-order chi connectivity index (χ1) is 7.09. The highest BCUT2D eigenvalue weighted by molar-refractivity contribution is 9.10. The van der Waals surface area contributed by atoms with E-state index in [1.165, 1.54) is 12.1 Å². The van der Waals surface area contributed by atoms with E-state index in [2.05, 4.69) is 15.9 Å². The van der Waals surface area contributed by atoms with Gasteiger partial charge in [0.25, 0.3) is 0 Å². The number of benzene rings is 1. The molecule has 4 heteroatoms. The van der Waals surface area contributed by atoms with Gasteiger partial charge in [-0.15, -0.1) is 0 Å². The van der Waals surface area contributed by atoms with Crippen LogP contribution in [0.2, 0.25) is 0 Å². The van der Waals surface area contributed by atoms with Gasteiger partial charge < -0.3 is 5.73 Å². The smallest absolute Gasteiger partial charge is 0.159 e. The minimum absolute atomic E-state index is 0.0118. The van der Waals surface area contributed by atoms with Crippen LogP contribution in [0, 0.1) is 11.6 Å². The molecule has 0 spiro atoms. The fraction of sp³-hybridized carbons (Fsp3) is 0.455. The van der Waals surface area contributed by atoms with Crippen LogP contribution in [0.3, 0.4) is 0 Å². The monoisotopic (exact) mass is 275 g/mol. The first-order valence-electron chi connectivity index (χ1n) is 4.94. The van der Waals surface area contributed by atoms with Crippen molar-refractivity contribution >= 4 is 15.9 Å². The number of hydrogen-bond donors (Lipinski definition) is 1.